The van der Waals surface area contributed by atoms with Crippen LogP contribution in [-0.2, 0) is 6.54 Å². The van der Waals surface area contributed by atoms with Crippen molar-refractivity contribution in [2.75, 3.05) is 12.3 Å². The molecule has 0 spiro atoms. The number of carbonyl (C=O) groups is 1. The summed E-state index contributed by atoms with van der Waals surface area (Å²) in [6, 6.07) is 3.03. The number of ether oxygens (including phenoxy) is 1. The van der Waals surface area contributed by atoms with Crippen LogP contribution in [0.4, 0.5) is 19.0 Å². The number of nitrogens with zero attached hydrogens (tertiary/aromatic N) is 3. The summed E-state index contributed by atoms with van der Waals surface area (Å²) in [5.41, 5.74) is 8.23. The van der Waals surface area contributed by atoms with E-state index in [0.717, 1.165) is 0 Å². The number of fused-ring (bicyclic) bond motifs is 1. The normalized spacial score (nSPS) is 16.7. The van der Waals surface area contributed by atoms with Crippen molar-refractivity contribution >= 4 is 11.7 Å². The van der Waals surface area contributed by atoms with Crippen molar-refractivity contribution < 1.29 is 22.7 Å². The predicted molar refractivity (Wildman–Crippen MR) is 87.5 cm³/mol. The van der Waals surface area contributed by atoms with E-state index in [4.69, 9.17) is 10.5 Å². The van der Waals surface area contributed by atoms with Crippen LogP contribution in [0.25, 0.3) is 0 Å². The van der Waals surface area contributed by atoms with Crippen molar-refractivity contribution in [3.05, 3.63) is 46.8 Å². The zero-order chi connectivity index (χ0) is 19.1. The molecule has 0 radical (unpaired) electrons. The Kier molecular flexibility index (Phi) is 4.47. The average Bonchev–Trinajstić information content (AvgIpc) is 2.79. The molecule has 9 heteroatoms. The first kappa shape index (κ1) is 18.0. The molecule has 0 fully saturated rings. The number of carbonyl (C=O) groups excluding carboxylic acids is 1. The van der Waals surface area contributed by atoms with E-state index in [-0.39, 0.29) is 24.4 Å². The average molecular weight is 366 g/mol. The summed E-state index contributed by atoms with van der Waals surface area (Å²) in [5.74, 6) is 0.0660. The van der Waals surface area contributed by atoms with Crippen LogP contribution in [0.5, 0.6) is 5.88 Å². The van der Waals surface area contributed by atoms with Gasteiger partial charge in [-0.1, -0.05) is 0 Å². The molecule has 1 aliphatic rings. The number of aryl methyl sites for hydroxylation is 1. The molecular weight excluding hydrogens is 349 g/mol. The summed E-state index contributed by atoms with van der Waals surface area (Å²) >= 11 is 0. The van der Waals surface area contributed by atoms with Gasteiger partial charge in [0.2, 0.25) is 5.88 Å². The van der Waals surface area contributed by atoms with Crippen LogP contribution < -0.4 is 10.5 Å². The molecule has 6 nitrogen and oxygen atoms in total. The topological polar surface area (TPSA) is 81.3 Å². The van der Waals surface area contributed by atoms with Gasteiger partial charge in [0.05, 0.1) is 11.6 Å². The van der Waals surface area contributed by atoms with Crippen molar-refractivity contribution in [1.82, 2.24) is 14.9 Å². The first-order valence-electron chi connectivity index (χ1n) is 7.88. The van der Waals surface area contributed by atoms with Crippen molar-refractivity contribution in [2.45, 2.75) is 32.6 Å². The minimum atomic E-state index is -4.43. The molecule has 1 amide bonds. The molecule has 2 N–H and O–H groups in total. The Morgan fingerprint density at radius 1 is 1.35 bits per heavy atom. The fourth-order valence-corrected chi connectivity index (χ4v) is 3.02. The molecule has 1 unspecified atom stereocenters. The van der Waals surface area contributed by atoms with Gasteiger partial charge in [0, 0.05) is 30.1 Å². The molecule has 26 heavy (non-hydrogen) atoms. The number of rotatable bonds is 4. The molecule has 1 atom stereocenters. The zero-order valence-electron chi connectivity index (χ0n) is 14.2. The minimum absolute atomic E-state index is 0.0800. The maximum Gasteiger partial charge on any atom is 0.422 e. The second-order valence-corrected chi connectivity index (χ2v) is 6.14. The largest absolute Gasteiger partial charge is 0.468 e. The third kappa shape index (κ3) is 3.42. The van der Waals surface area contributed by atoms with Gasteiger partial charge in [-0.2, -0.15) is 13.2 Å². The first-order valence-corrected chi connectivity index (χ1v) is 7.88. The molecule has 3 rings (SSSR count). The van der Waals surface area contributed by atoms with Crippen LogP contribution in [0.2, 0.25) is 0 Å². The highest BCUT2D eigenvalue weighted by molar-refractivity contribution is 6.00. The lowest BCUT2D eigenvalue weighted by molar-refractivity contribution is -0.154. The van der Waals surface area contributed by atoms with E-state index in [1.54, 1.807) is 24.0 Å². The standard InChI is InChI=1S/C17H17F3N4O2/c1-9-5-11(6-23-15(9)26-8-17(18,19)20)7-24-10(2)13-12(16(24)25)3-4-22-14(13)21/h3-6,10H,7-8H2,1-2H3,(H2,21,22). The molecule has 3 heterocycles. The lowest BCUT2D eigenvalue weighted by Crippen LogP contribution is -2.26. The highest BCUT2D eigenvalue weighted by atomic mass is 19.4. The summed E-state index contributed by atoms with van der Waals surface area (Å²) in [4.78, 5) is 22.2. The van der Waals surface area contributed by atoms with Gasteiger partial charge in [0.15, 0.2) is 6.61 Å². The van der Waals surface area contributed by atoms with Crippen LogP contribution in [0.1, 0.15) is 40.0 Å². The Hall–Kier alpha value is -2.84. The summed E-state index contributed by atoms with van der Waals surface area (Å²) < 4.78 is 41.5. The molecule has 0 aliphatic carbocycles. The molecule has 2 aromatic heterocycles. The predicted octanol–water partition coefficient (Wildman–Crippen LogP) is 3.03. The SMILES string of the molecule is Cc1cc(CN2C(=O)c3ccnc(N)c3C2C)cnc1OCC(F)(F)F. The number of pyridine rings is 2. The number of nitrogen functional groups attached to an aromatic ring is 1. The molecule has 0 saturated carbocycles. The van der Waals surface area contributed by atoms with E-state index in [0.29, 0.717) is 28.1 Å². The van der Waals surface area contributed by atoms with Crippen molar-refractivity contribution in [2.24, 2.45) is 0 Å². The Bertz CT molecular complexity index is 854. The van der Waals surface area contributed by atoms with E-state index in [1.807, 2.05) is 6.92 Å². The second kappa shape index (κ2) is 6.47. The van der Waals surface area contributed by atoms with E-state index in [1.165, 1.54) is 12.4 Å². The van der Waals surface area contributed by atoms with Gasteiger partial charge in [0.1, 0.15) is 5.82 Å². The lowest BCUT2D eigenvalue weighted by atomic mass is 10.1. The Morgan fingerprint density at radius 2 is 2.08 bits per heavy atom. The molecular formula is C17H17F3N4O2. The van der Waals surface area contributed by atoms with Gasteiger partial charge in [-0.25, -0.2) is 9.97 Å². The highest BCUT2D eigenvalue weighted by Crippen LogP contribution is 2.37. The number of halogens is 3. The molecule has 2 aromatic rings. The minimum Gasteiger partial charge on any atom is -0.468 e. The Balaban J connectivity index is 1.77. The van der Waals surface area contributed by atoms with Crippen LogP contribution in [-0.4, -0.2) is 33.6 Å². The number of hydrogen-bond donors (Lipinski definition) is 1. The van der Waals surface area contributed by atoms with Crippen molar-refractivity contribution in [3.8, 4) is 5.88 Å². The van der Waals surface area contributed by atoms with Gasteiger partial charge in [0.25, 0.3) is 5.91 Å². The summed E-state index contributed by atoms with van der Waals surface area (Å²) in [6.45, 7) is 2.31. The van der Waals surface area contributed by atoms with Crippen LogP contribution >= 0.6 is 0 Å². The monoisotopic (exact) mass is 366 g/mol. The summed E-state index contributed by atoms with van der Waals surface area (Å²) in [7, 11) is 0. The van der Waals surface area contributed by atoms with E-state index in [9.17, 15) is 18.0 Å². The fraction of sp³-hybridized carbons (Fsp3) is 0.353. The molecule has 0 bridgehead atoms. The maximum absolute atomic E-state index is 12.6. The van der Waals surface area contributed by atoms with Crippen LogP contribution in [0.3, 0.4) is 0 Å². The lowest BCUT2D eigenvalue weighted by Gasteiger charge is -2.22. The number of hydrogen-bond acceptors (Lipinski definition) is 5. The van der Waals surface area contributed by atoms with E-state index >= 15 is 0 Å². The van der Waals surface area contributed by atoms with Crippen molar-refractivity contribution in [3.63, 3.8) is 0 Å². The van der Waals surface area contributed by atoms with E-state index < -0.39 is 12.8 Å². The Labute approximate surface area is 147 Å². The number of nitrogens with two attached hydrogens (primary N) is 1. The van der Waals surface area contributed by atoms with Gasteiger partial charge in [-0.3, -0.25) is 4.79 Å². The van der Waals surface area contributed by atoms with Gasteiger partial charge < -0.3 is 15.4 Å². The number of anilines is 1. The molecule has 0 saturated heterocycles. The number of amides is 1. The summed E-state index contributed by atoms with van der Waals surface area (Å²) in [6.07, 6.45) is -1.53. The third-order valence-corrected chi connectivity index (χ3v) is 4.21. The first-order chi connectivity index (χ1) is 12.2. The van der Waals surface area contributed by atoms with Crippen LogP contribution in [0, 0.1) is 6.92 Å². The van der Waals surface area contributed by atoms with Gasteiger partial charge in [-0.05, 0) is 31.5 Å². The highest BCUT2D eigenvalue weighted by Gasteiger charge is 2.36. The summed E-state index contributed by atoms with van der Waals surface area (Å²) in [5, 5.41) is 0. The Morgan fingerprint density at radius 3 is 2.69 bits per heavy atom. The van der Waals surface area contributed by atoms with Crippen molar-refractivity contribution in [1.29, 1.82) is 0 Å². The van der Waals surface area contributed by atoms with Gasteiger partial charge >= 0.3 is 6.18 Å². The molecule has 138 valence electrons. The molecule has 1 aliphatic heterocycles. The quantitative estimate of drug-likeness (QED) is 0.900. The third-order valence-electron chi connectivity index (χ3n) is 4.21. The number of aromatic nitrogens is 2. The second-order valence-electron chi connectivity index (χ2n) is 6.14. The smallest absolute Gasteiger partial charge is 0.422 e. The van der Waals surface area contributed by atoms with Crippen LogP contribution in [0.15, 0.2) is 24.5 Å². The van der Waals surface area contributed by atoms with E-state index in [2.05, 4.69) is 9.97 Å². The zero-order valence-corrected chi connectivity index (χ0v) is 14.2. The fourth-order valence-electron chi connectivity index (χ4n) is 3.02. The molecule has 0 aromatic carbocycles. The van der Waals surface area contributed by atoms with Gasteiger partial charge in [-0.15, -0.1) is 0 Å². The number of alkyl halides is 3. The maximum atomic E-state index is 12.6.